The lowest BCUT2D eigenvalue weighted by molar-refractivity contribution is 0.122. The molecule has 32 heavy (non-hydrogen) atoms. The third-order valence-corrected chi connectivity index (χ3v) is 5.80. The predicted octanol–water partition coefficient (Wildman–Crippen LogP) is 2.86. The van der Waals surface area contributed by atoms with Crippen molar-refractivity contribution in [3.63, 3.8) is 0 Å². The molecule has 3 aromatic rings. The molecule has 4 heterocycles. The number of hydrogen-bond donors (Lipinski definition) is 3. The first-order valence-corrected chi connectivity index (χ1v) is 11.1. The van der Waals surface area contributed by atoms with Crippen LogP contribution in [0.4, 0.5) is 17.5 Å². The highest BCUT2D eigenvalue weighted by Gasteiger charge is 2.24. The summed E-state index contributed by atoms with van der Waals surface area (Å²) in [5.74, 6) is 1.10. The van der Waals surface area contributed by atoms with Crippen molar-refractivity contribution in [3.05, 3.63) is 30.7 Å². The van der Waals surface area contributed by atoms with Crippen LogP contribution in [0.25, 0.3) is 22.2 Å². The molecule has 1 aliphatic heterocycles. The summed E-state index contributed by atoms with van der Waals surface area (Å²) in [4.78, 5) is 20.3. The number of morpholine rings is 1. The molecule has 1 fully saturated rings. The Morgan fingerprint density at radius 1 is 1.12 bits per heavy atom. The minimum Gasteiger partial charge on any atom is -0.394 e. The summed E-state index contributed by atoms with van der Waals surface area (Å²) < 4.78 is 5.39. The standard InChI is InChI=1S/C23H31N7O2/c1-3-4-5-23(2,15-31)29-19-11-20(24)28-18-10-16(12-25-21(18)19)17-13-26-22(27-14-17)30-6-8-32-9-7-30/h10-14,31H,3-9,15H2,1-2H3,(H3,24,28,29)/t23-/m1/s1. The van der Waals surface area contributed by atoms with Crippen LogP contribution < -0.4 is 16.0 Å². The summed E-state index contributed by atoms with van der Waals surface area (Å²) in [5.41, 5.74) is 9.52. The molecule has 0 amide bonds. The summed E-state index contributed by atoms with van der Waals surface area (Å²) in [6.45, 7) is 7.13. The van der Waals surface area contributed by atoms with Crippen molar-refractivity contribution in [1.29, 1.82) is 0 Å². The van der Waals surface area contributed by atoms with Crippen LogP contribution in [0.15, 0.2) is 30.7 Å². The van der Waals surface area contributed by atoms with Crippen molar-refractivity contribution >= 4 is 28.5 Å². The van der Waals surface area contributed by atoms with Crippen LogP contribution in [-0.4, -0.2) is 63.5 Å². The Morgan fingerprint density at radius 2 is 1.84 bits per heavy atom. The first-order valence-electron chi connectivity index (χ1n) is 11.1. The number of nitrogens with two attached hydrogens (primary N) is 1. The molecule has 170 valence electrons. The van der Waals surface area contributed by atoms with Gasteiger partial charge in [0.15, 0.2) is 0 Å². The second-order valence-electron chi connectivity index (χ2n) is 8.50. The number of fused-ring (bicyclic) bond motifs is 1. The van der Waals surface area contributed by atoms with Crippen LogP contribution in [0.2, 0.25) is 0 Å². The summed E-state index contributed by atoms with van der Waals surface area (Å²) in [6.07, 6.45) is 8.32. The average molecular weight is 438 g/mol. The number of aromatic nitrogens is 4. The van der Waals surface area contributed by atoms with E-state index in [-0.39, 0.29) is 6.61 Å². The van der Waals surface area contributed by atoms with Gasteiger partial charge in [-0.3, -0.25) is 4.98 Å². The second kappa shape index (κ2) is 9.62. The predicted molar refractivity (Wildman–Crippen MR) is 127 cm³/mol. The van der Waals surface area contributed by atoms with Gasteiger partial charge in [-0.2, -0.15) is 0 Å². The van der Waals surface area contributed by atoms with E-state index in [1.807, 2.05) is 13.0 Å². The van der Waals surface area contributed by atoms with Crippen LogP contribution in [0.3, 0.4) is 0 Å². The third-order valence-electron chi connectivity index (χ3n) is 5.80. The topological polar surface area (TPSA) is 122 Å². The minimum atomic E-state index is -0.458. The number of nitrogen functional groups attached to an aromatic ring is 1. The number of hydrogen-bond acceptors (Lipinski definition) is 9. The quantitative estimate of drug-likeness (QED) is 0.488. The summed E-state index contributed by atoms with van der Waals surface area (Å²) in [5, 5.41) is 13.4. The molecule has 0 aromatic carbocycles. The van der Waals surface area contributed by atoms with E-state index in [0.717, 1.165) is 49.2 Å². The fourth-order valence-corrected chi connectivity index (χ4v) is 3.86. The van der Waals surface area contributed by atoms with Gasteiger partial charge in [-0.25, -0.2) is 15.0 Å². The first-order chi connectivity index (χ1) is 15.5. The maximum atomic E-state index is 9.97. The molecule has 4 rings (SSSR count). The smallest absolute Gasteiger partial charge is 0.225 e. The molecule has 9 nitrogen and oxygen atoms in total. The number of anilines is 3. The molecule has 0 aliphatic carbocycles. The van der Waals surface area contributed by atoms with E-state index in [0.29, 0.717) is 36.0 Å². The van der Waals surface area contributed by atoms with Gasteiger partial charge in [0.1, 0.15) is 11.3 Å². The Kier molecular flexibility index (Phi) is 6.66. The number of aliphatic hydroxyl groups excluding tert-OH is 1. The molecule has 1 saturated heterocycles. The normalized spacial score (nSPS) is 16.2. The highest BCUT2D eigenvalue weighted by molar-refractivity contribution is 5.91. The number of rotatable bonds is 8. The van der Waals surface area contributed by atoms with Crippen molar-refractivity contribution in [1.82, 2.24) is 19.9 Å². The van der Waals surface area contributed by atoms with Crippen molar-refractivity contribution in [2.75, 3.05) is 48.9 Å². The molecule has 3 aromatic heterocycles. The largest absolute Gasteiger partial charge is 0.394 e. The van der Waals surface area contributed by atoms with E-state index in [9.17, 15) is 5.11 Å². The lowest BCUT2D eigenvalue weighted by atomic mass is 9.95. The molecule has 1 atom stereocenters. The van der Waals surface area contributed by atoms with Crippen molar-refractivity contribution in [3.8, 4) is 11.1 Å². The number of nitrogens with one attached hydrogen (secondary N) is 1. The Labute approximate surface area is 188 Å². The molecule has 1 aliphatic rings. The Morgan fingerprint density at radius 3 is 2.53 bits per heavy atom. The van der Waals surface area contributed by atoms with Gasteiger partial charge in [-0.1, -0.05) is 19.8 Å². The number of unbranched alkanes of at least 4 members (excludes halogenated alkanes) is 1. The average Bonchev–Trinajstić information content (AvgIpc) is 2.83. The lowest BCUT2D eigenvalue weighted by Crippen LogP contribution is -2.38. The van der Waals surface area contributed by atoms with E-state index in [2.05, 4.69) is 37.1 Å². The number of ether oxygens (including phenoxy) is 1. The van der Waals surface area contributed by atoms with E-state index >= 15 is 0 Å². The second-order valence-corrected chi connectivity index (χ2v) is 8.50. The third kappa shape index (κ3) is 4.89. The van der Waals surface area contributed by atoms with E-state index < -0.39 is 5.54 Å². The highest BCUT2D eigenvalue weighted by atomic mass is 16.5. The van der Waals surface area contributed by atoms with E-state index in [4.69, 9.17) is 10.5 Å². The Bertz CT molecular complexity index is 1050. The van der Waals surface area contributed by atoms with Gasteiger partial charge in [-0.05, 0) is 19.4 Å². The zero-order chi connectivity index (χ0) is 22.6. The number of aliphatic hydroxyl groups is 1. The maximum Gasteiger partial charge on any atom is 0.225 e. The summed E-state index contributed by atoms with van der Waals surface area (Å²) in [6, 6.07) is 3.72. The molecule has 4 N–H and O–H groups in total. The van der Waals surface area contributed by atoms with Crippen LogP contribution in [0.5, 0.6) is 0 Å². The van der Waals surface area contributed by atoms with Crippen LogP contribution in [-0.2, 0) is 4.74 Å². The SMILES string of the molecule is CCCC[C@](C)(CO)Nc1cc(N)nc2cc(-c3cnc(N4CCOCC4)nc3)cnc12. The molecule has 0 saturated carbocycles. The molecular weight excluding hydrogens is 406 g/mol. The number of pyridine rings is 2. The van der Waals surface area contributed by atoms with Crippen LogP contribution in [0.1, 0.15) is 33.1 Å². The van der Waals surface area contributed by atoms with Gasteiger partial charge < -0.3 is 25.8 Å². The molecular formula is C23H31N7O2. The van der Waals surface area contributed by atoms with Gasteiger partial charge in [-0.15, -0.1) is 0 Å². The maximum absolute atomic E-state index is 9.97. The zero-order valence-electron chi connectivity index (χ0n) is 18.7. The van der Waals surface area contributed by atoms with Gasteiger partial charge in [0.25, 0.3) is 0 Å². The lowest BCUT2D eigenvalue weighted by Gasteiger charge is -2.30. The summed E-state index contributed by atoms with van der Waals surface area (Å²) >= 11 is 0. The zero-order valence-corrected chi connectivity index (χ0v) is 18.7. The highest BCUT2D eigenvalue weighted by Crippen LogP contribution is 2.30. The number of nitrogens with zero attached hydrogens (tertiary/aromatic N) is 5. The molecule has 0 bridgehead atoms. The minimum absolute atomic E-state index is 0.0155. The summed E-state index contributed by atoms with van der Waals surface area (Å²) in [7, 11) is 0. The van der Waals surface area contributed by atoms with Gasteiger partial charge in [0.05, 0.1) is 36.6 Å². The Hall–Kier alpha value is -3.04. The molecule has 0 radical (unpaired) electrons. The van der Waals surface area contributed by atoms with Crippen molar-refractivity contribution < 1.29 is 9.84 Å². The molecule has 0 spiro atoms. The first kappa shape index (κ1) is 22.2. The fraction of sp³-hybridized carbons (Fsp3) is 0.478. The van der Waals surface area contributed by atoms with E-state index in [1.54, 1.807) is 24.7 Å². The van der Waals surface area contributed by atoms with Gasteiger partial charge in [0, 0.05) is 48.9 Å². The van der Waals surface area contributed by atoms with Crippen molar-refractivity contribution in [2.45, 2.75) is 38.6 Å². The fourth-order valence-electron chi connectivity index (χ4n) is 3.86. The van der Waals surface area contributed by atoms with E-state index in [1.165, 1.54) is 0 Å². The van der Waals surface area contributed by atoms with Gasteiger partial charge >= 0.3 is 0 Å². The monoisotopic (exact) mass is 437 g/mol. The van der Waals surface area contributed by atoms with Crippen LogP contribution in [0, 0.1) is 0 Å². The van der Waals surface area contributed by atoms with Crippen molar-refractivity contribution in [2.24, 2.45) is 0 Å². The molecule has 9 heteroatoms. The van der Waals surface area contributed by atoms with Gasteiger partial charge in [0.2, 0.25) is 5.95 Å². The Balaban J connectivity index is 1.61. The molecule has 0 unspecified atom stereocenters. The van der Waals surface area contributed by atoms with Crippen LogP contribution >= 0.6 is 0 Å².